The van der Waals surface area contributed by atoms with E-state index >= 15 is 0 Å². The molecule has 0 aliphatic carbocycles. The van der Waals surface area contributed by atoms with Crippen LogP contribution in [0.2, 0.25) is 0 Å². The molecule has 0 saturated heterocycles. The predicted molar refractivity (Wildman–Crippen MR) is 162 cm³/mol. The minimum absolute atomic E-state index is 0.0103. The molecule has 218 valence electrons. The number of amides is 2. The summed E-state index contributed by atoms with van der Waals surface area (Å²) in [4.78, 5) is 50.0. The smallest absolute Gasteiger partial charge is 0.304 e. The number of aromatic nitrogens is 3. The van der Waals surface area contributed by atoms with Crippen LogP contribution in [0.1, 0.15) is 84.4 Å². The molecule has 0 saturated carbocycles. The number of nitrogens with zero attached hydrogens (tertiary/aromatic N) is 3. The van der Waals surface area contributed by atoms with Gasteiger partial charge in [-0.15, -0.1) is 0 Å². The predicted octanol–water partition coefficient (Wildman–Crippen LogP) is 6.52. The Morgan fingerprint density at radius 1 is 0.927 bits per heavy atom. The van der Waals surface area contributed by atoms with E-state index in [9.17, 15) is 19.5 Å². The van der Waals surface area contributed by atoms with E-state index in [2.05, 4.69) is 25.6 Å². The zero-order chi connectivity index (χ0) is 30.2. The first-order valence-corrected chi connectivity index (χ1v) is 14.0. The lowest BCUT2D eigenvalue weighted by Gasteiger charge is -2.19. The lowest BCUT2D eigenvalue weighted by atomic mass is 9.95. The fourth-order valence-electron chi connectivity index (χ4n) is 3.94. The Morgan fingerprint density at radius 3 is 2.29 bits per heavy atom. The molecule has 9 nitrogen and oxygen atoms in total. The number of hydrogen-bond donors (Lipinski definition) is 3. The molecule has 1 atom stereocenters. The molecule has 1 aromatic carbocycles. The number of unbranched alkanes of at least 4 members (excludes halogenated alkanes) is 2. The van der Waals surface area contributed by atoms with Crippen molar-refractivity contribution in [1.82, 2.24) is 15.0 Å². The maximum atomic E-state index is 12.6. The molecule has 1 unspecified atom stereocenters. The molecular weight excluding hydrogens is 518 g/mol. The number of para-hydroxylation sites is 1. The van der Waals surface area contributed by atoms with Gasteiger partial charge in [0, 0.05) is 40.1 Å². The van der Waals surface area contributed by atoms with E-state index in [1.807, 2.05) is 63.3 Å². The number of aliphatic carboxylic acids is 1. The van der Waals surface area contributed by atoms with Crippen LogP contribution >= 0.6 is 0 Å². The number of anilines is 2. The summed E-state index contributed by atoms with van der Waals surface area (Å²) in [6.45, 7) is 10.9. The summed E-state index contributed by atoms with van der Waals surface area (Å²) in [6.07, 6.45) is 8.76. The summed E-state index contributed by atoms with van der Waals surface area (Å²) in [7, 11) is 0. The van der Waals surface area contributed by atoms with Crippen LogP contribution in [0, 0.1) is 10.8 Å². The Kier molecular flexibility index (Phi) is 10.3. The number of rotatable bonds is 11. The highest BCUT2D eigenvalue weighted by atomic mass is 16.4. The highest BCUT2D eigenvalue weighted by Gasteiger charge is 2.24. The first kappa shape index (κ1) is 31.4. The topological polar surface area (TPSA) is 134 Å². The molecule has 0 fully saturated rings. The third-order valence-electron chi connectivity index (χ3n) is 6.46. The lowest BCUT2D eigenvalue weighted by molar-refractivity contribution is -0.137. The molecule has 0 aliphatic heterocycles. The number of allylic oxidation sites excluding steroid dienone is 2. The van der Waals surface area contributed by atoms with Crippen molar-refractivity contribution in [2.75, 3.05) is 10.6 Å². The van der Waals surface area contributed by atoms with E-state index in [4.69, 9.17) is 0 Å². The Labute approximate surface area is 241 Å². The van der Waals surface area contributed by atoms with Crippen LogP contribution in [0.3, 0.4) is 0 Å². The summed E-state index contributed by atoms with van der Waals surface area (Å²) in [5.74, 6) is -1.02. The van der Waals surface area contributed by atoms with Crippen LogP contribution in [0.15, 0.2) is 54.7 Å². The van der Waals surface area contributed by atoms with E-state index in [1.165, 1.54) is 0 Å². The van der Waals surface area contributed by atoms with Crippen LogP contribution in [-0.2, 0) is 20.8 Å². The molecular formula is C32H41N5O4. The van der Waals surface area contributed by atoms with Crippen molar-refractivity contribution >= 4 is 40.5 Å². The molecule has 0 bridgehead atoms. The summed E-state index contributed by atoms with van der Waals surface area (Å²) in [5.41, 5.74) is 1.23. The average molecular weight is 560 g/mol. The van der Waals surface area contributed by atoms with E-state index in [0.717, 1.165) is 35.7 Å². The largest absolute Gasteiger partial charge is 0.481 e. The molecule has 2 aromatic heterocycles. The number of carbonyl (C=O) groups is 3. The number of carboxylic acids is 1. The Balaban J connectivity index is 1.65. The van der Waals surface area contributed by atoms with Crippen molar-refractivity contribution < 1.29 is 19.5 Å². The molecule has 3 aromatic rings. The maximum absolute atomic E-state index is 12.6. The minimum atomic E-state index is -0.861. The van der Waals surface area contributed by atoms with Gasteiger partial charge in [-0.05, 0) is 43.4 Å². The van der Waals surface area contributed by atoms with Crippen molar-refractivity contribution in [2.45, 2.75) is 79.6 Å². The first-order chi connectivity index (χ1) is 19.2. The van der Waals surface area contributed by atoms with Gasteiger partial charge in [0.25, 0.3) is 0 Å². The van der Waals surface area contributed by atoms with Crippen molar-refractivity contribution in [2.24, 2.45) is 10.8 Å². The number of carbonyl (C=O) groups excluding carboxylic acids is 2. The van der Waals surface area contributed by atoms with E-state index in [0.29, 0.717) is 17.9 Å². The van der Waals surface area contributed by atoms with Crippen LogP contribution in [0.4, 0.5) is 11.8 Å². The Bertz CT molecular complexity index is 1370. The van der Waals surface area contributed by atoms with Crippen molar-refractivity contribution in [3.05, 3.63) is 66.0 Å². The van der Waals surface area contributed by atoms with Gasteiger partial charge >= 0.3 is 5.97 Å². The summed E-state index contributed by atoms with van der Waals surface area (Å²) >= 11 is 0. The fraction of sp³-hybridized carbons (Fsp3) is 0.438. The number of benzene rings is 1. The third-order valence-corrected chi connectivity index (χ3v) is 6.46. The molecule has 3 N–H and O–H groups in total. The number of aryl methyl sites for hydroxylation is 1. The zero-order valence-electron chi connectivity index (χ0n) is 24.8. The SMILES string of the molecule is CC(C)(C)C(=O)Nc1cc(CCCC/C=C/C(CC(=O)O)c2cnc3ccccc3c2)nc(NC(=O)C(C)(C)C)n1. The van der Waals surface area contributed by atoms with Gasteiger partial charge < -0.3 is 10.4 Å². The van der Waals surface area contributed by atoms with Crippen LogP contribution in [0.25, 0.3) is 10.9 Å². The highest BCUT2D eigenvalue weighted by molar-refractivity contribution is 5.95. The van der Waals surface area contributed by atoms with Gasteiger partial charge in [0.1, 0.15) is 5.82 Å². The molecule has 0 aliphatic rings. The molecule has 0 radical (unpaired) electrons. The monoisotopic (exact) mass is 559 g/mol. The second kappa shape index (κ2) is 13.5. The van der Waals surface area contributed by atoms with Crippen LogP contribution in [0.5, 0.6) is 0 Å². The molecule has 2 heterocycles. The van der Waals surface area contributed by atoms with Gasteiger partial charge in [-0.3, -0.25) is 24.7 Å². The number of nitrogens with one attached hydrogen (secondary N) is 2. The number of pyridine rings is 1. The molecule has 0 spiro atoms. The maximum Gasteiger partial charge on any atom is 0.304 e. The van der Waals surface area contributed by atoms with Crippen molar-refractivity contribution in [3.8, 4) is 0 Å². The molecule has 2 amide bonds. The Morgan fingerprint density at radius 2 is 1.61 bits per heavy atom. The summed E-state index contributed by atoms with van der Waals surface area (Å²) in [5, 5.41) is 16.0. The van der Waals surface area contributed by atoms with Gasteiger partial charge in [0.2, 0.25) is 17.8 Å². The quantitative estimate of drug-likeness (QED) is 0.180. The average Bonchev–Trinajstić information content (AvgIpc) is 2.88. The zero-order valence-corrected chi connectivity index (χ0v) is 24.8. The van der Waals surface area contributed by atoms with Crippen LogP contribution < -0.4 is 10.6 Å². The lowest BCUT2D eigenvalue weighted by Crippen LogP contribution is -2.30. The van der Waals surface area contributed by atoms with Gasteiger partial charge in [-0.1, -0.05) is 71.9 Å². The van der Waals surface area contributed by atoms with Crippen LogP contribution in [-0.4, -0.2) is 37.8 Å². The molecule has 9 heteroatoms. The third kappa shape index (κ3) is 9.77. The van der Waals surface area contributed by atoms with Gasteiger partial charge in [-0.2, -0.15) is 4.98 Å². The van der Waals surface area contributed by atoms with Gasteiger partial charge in [0.15, 0.2) is 0 Å². The standard InChI is InChI=1S/C32H41N5O4/c1-31(2,3)28(40)35-26-19-24(34-30(36-26)37-29(41)32(4,5)6)15-10-8-7-9-13-21(18-27(38)39)23-17-22-14-11-12-16-25(22)33-20-23/h9,11-14,16-17,19-21H,7-8,10,15,18H2,1-6H3,(H,38,39)(H2,34,35,36,37,40,41)/b13-9+. The van der Waals surface area contributed by atoms with Gasteiger partial charge in [-0.25, -0.2) is 4.98 Å². The molecule has 3 rings (SSSR count). The van der Waals surface area contributed by atoms with Crippen molar-refractivity contribution in [3.63, 3.8) is 0 Å². The second-order valence-corrected chi connectivity index (χ2v) is 12.3. The Hall–Kier alpha value is -4.14. The van der Waals surface area contributed by atoms with E-state index < -0.39 is 16.8 Å². The second-order valence-electron chi connectivity index (χ2n) is 12.3. The number of fused-ring (bicyclic) bond motifs is 1. The number of hydrogen-bond acceptors (Lipinski definition) is 6. The fourth-order valence-corrected chi connectivity index (χ4v) is 3.94. The molecule has 41 heavy (non-hydrogen) atoms. The first-order valence-electron chi connectivity index (χ1n) is 14.0. The minimum Gasteiger partial charge on any atom is -0.481 e. The van der Waals surface area contributed by atoms with Crippen molar-refractivity contribution in [1.29, 1.82) is 0 Å². The highest BCUT2D eigenvalue weighted by Crippen LogP contribution is 2.25. The summed E-state index contributed by atoms with van der Waals surface area (Å²) < 4.78 is 0. The van der Waals surface area contributed by atoms with E-state index in [1.54, 1.807) is 33.0 Å². The van der Waals surface area contributed by atoms with E-state index in [-0.39, 0.29) is 30.1 Å². The summed E-state index contributed by atoms with van der Waals surface area (Å²) in [6, 6.07) is 11.5. The van der Waals surface area contributed by atoms with Gasteiger partial charge in [0.05, 0.1) is 11.9 Å². The normalized spacial score (nSPS) is 12.8. The number of carboxylic acid groups (broad SMARTS) is 1.